The maximum atomic E-state index is 12.8. The second-order valence-corrected chi connectivity index (χ2v) is 7.15. The SMILES string of the molecule is CC(C)C(C)N(C(=O)c1ccc(Cl)cc1I)C1CC1. The molecule has 1 aromatic rings. The number of carbonyl (C=O) groups is 1. The van der Waals surface area contributed by atoms with Crippen molar-refractivity contribution in [1.29, 1.82) is 0 Å². The third-order valence-electron chi connectivity index (χ3n) is 3.74. The zero-order valence-electron chi connectivity index (χ0n) is 11.5. The lowest BCUT2D eigenvalue weighted by molar-refractivity contribution is 0.0627. The summed E-state index contributed by atoms with van der Waals surface area (Å²) in [4.78, 5) is 14.8. The van der Waals surface area contributed by atoms with Crippen molar-refractivity contribution in [3.05, 3.63) is 32.4 Å². The number of nitrogens with zero attached hydrogens (tertiary/aromatic N) is 1. The molecule has 0 N–H and O–H groups in total. The summed E-state index contributed by atoms with van der Waals surface area (Å²) in [5.41, 5.74) is 0.768. The lowest BCUT2D eigenvalue weighted by Crippen LogP contribution is -2.43. The Morgan fingerprint density at radius 2 is 2.00 bits per heavy atom. The summed E-state index contributed by atoms with van der Waals surface area (Å²) in [6, 6.07) is 6.18. The fraction of sp³-hybridized carbons (Fsp3) is 0.533. The largest absolute Gasteiger partial charge is 0.333 e. The van der Waals surface area contributed by atoms with Gasteiger partial charge in [-0.15, -0.1) is 0 Å². The van der Waals surface area contributed by atoms with Gasteiger partial charge in [-0.3, -0.25) is 4.79 Å². The van der Waals surface area contributed by atoms with Gasteiger partial charge >= 0.3 is 0 Å². The van der Waals surface area contributed by atoms with Gasteiger partial charge in [0.05, 0.1) is 5.56 Å². The van der Waals surface area contributed by atoms with Crippen LogP contribution < -0.4 is 0 Å². The second kappa shape index (κ2) is 6.00. The highest BCUT2D eigenvalue weighted by molar-refractivity contribution is 14.1. The van der Waals surface area contributed by atoms with Crippen molar-refractivity contribution in [1.82, 2.24) is 4.90 Å². The van der Waals surface area contributed by atoms with Crippen LogP contribution in [0.5, 0.6) is 0 Å². The lowest BCUT2D eigenvalue weighted by Gasteiger charge is -2.32. The van der Waals surface area contributed by atoms with Crippen LogP contribution in [0.3, 0.4) is 0 Å². The van der Waals surface area contributed by atoms with Gasteiger partial charge in [0, 0.05) is 20.7 Å². The molecular weight excluding hydrogens is 373 g/mol. The number of amides is 1. The van der Waals surface area contributed by atoms with E-state index in [0.717, 1.165) is 22.0 Å². The van der Waals surface area contributed by atoms with Crippen LogP contribution in [0.25, 0.3) is 0 Å². The van der Waals surface area contributed by atoms with E-state index in [1.165, 1.54) is 0 Å². The molecule has 1 amide bonds. The molecule has 0 bridgehead atoms. The van der Waals surface area contributed by atoms with E-state index in [1.54, 1.807) is 6.07 Å². The molecule has 1 saturated carbocycles. The van der Waals surface area contributed by atoms with Gasteiger partial charge in [-0.1, -0.05) is 25.4 Å². The maximum absolute atomic E-state index is 12.8. The predicted octanol–water partition coefficient (Wildman–Crippen LogP) is 4.59. The monoisotopic (exact) mass is 391 g/mol. The third-order valence-corrected chi connectivity index (χ3v) is 4.87. The van der Waals surface area contributed by atoms with Crippen LogP contribution in [-0.2, 0) is 0 Å². The average Bonchev–Trinajstić information content (AvgIpc) is 3.13. The Balaban J connectivity index is 2.29. The number of benzene rings is 1. The van der Waals surface area contributed by atoms with E-state index in [1.807, 2.05) is 12.1 Å². The number of hydrogen-bond acceptors (Lipinski definition) is 1. The standard InChI is InChI=1S/C15H19ClINO/c1-9(2)10(3)18(12-5-6-12)15(19)13-7-4-11(16)8-14(13)17/h4,7-10,12H,5-6H2,1-3H3. The van der Waals surface area contributed by atoms with Crippen molar-refractivity contribution in [2.24, 2.45) is 5.92 Å². The fourth-order valence-corrected chi connectivity index (χ4v) is 3.26. The van der Waals surface area contributed by atoms with E-state index >= 15 is 0 Å². The van der Waals surface area contributed by atoms with Crippen LogP contribution in [0.15, 0.2) is 18.2 Å². The first kappa shape index (κ1) is 15.1. The normalized spacial score (nSPS) is 16.5. The van der Waals surface area contributed by atoms with E-state index < -0.39 is 0 Å². The Morgan fingerprint density at radius 1 is 1.37 bits per heavy atom. The van der Waals surface area contributed by atoms with Crippen molar-refractivity contribution in [2.75, 3.05) is 0 Å². The Hall–Kier alpha value is -0.290. The van der Waals surface area contributed by atoms with Crippen molar-refractivity contribution >= 4 is 40.1 Å². The van der Waals surface area contributed by atoms with Crippen molar-refractivity contribution < 1.29 is 4.79 Å². The topological polar surface area (TPSA) is 20.3 Å². The van der Waals surface area contributed by atoms with Gasteiger partial charge < -0.3 is 4.90 Å². The zero-order chi connectivity index (χ0) is 14.2. The van der Waals surface area contributed by atoms with Crippen molar-refractivity contribution in [3.8, 4) is 0 Å². The van der Waals surface area contributed by atoms with Gasteiger partial charge in [-0.05, 0) is 66.5 Å². The van der Waals surface area contributed by atoms with Gasteiger partial charge in [0.2, 0.25) is 0 Å². The summed E-state index contributed by atoms with van der Waals surface area (Å²) >= 11 is 8.15. The van der Waals surface area contributed by atoms with E-state index in [9.17, 15) is 4.79 Å². The van der Waals surface area contributed by atoms with Gasteiger partial charge in [0.1, 0.15) is 0 Å². The minimum Gasteiger partial charge on any atom is -0.333 e. The van der Waals surface area contributed by atoms with Crippen LogP contribution in [0.2, 0.25) is 5.02 Å². The summed E-state index contributed by atoms with van der Waals surface area (Å²) < 4.78 is 0.928. The second-order valence-electron chi connectivity index (χ2n) is 5.55. The van der Waals surface area contributed by atoms with Crippen LogP contribution in [-0.4, -0.2) is 22.9 Å². The minimum atomic E-state index is 0.143. The van der Waals surface area contributed by atoms with Crippen LogP contribution in [0, 0.1) is 9.49 Å². The van der Waals surface area contributed by atoms with Crippen molar-refractivity contribution in [3.63, 3.8) is 0 Å². The maximum Gasteiger partial charge on any atom is 0.255 e. The summed E-state index contributed by atoms with van der Waals surface area (Å²) in [5.74, 6) is 0.610. The molecule has 4 heteroatoms. The van der Waals surface area contributed by atoms with Crippen molar-refractivity contribution in [2.45, 2.75) is 45.7 Å². The molecule has 104 valence electrons. The molecule has 1 unspecified atom stereocenters. The predicted molar refractivity (Wildman–Crippen MR) is 87.7 cm³/mol. The first-order valence-corrected chi connectivity index (χ1v) is 8.15. The summed E-state index contributed by atoms with van der Waals surface area (Å²) in [5, 5.41) is 0.677. The van der Waals surface area contributed by atoms with Crippen LogP contribution in [0.1, 0.15) is 44.0 Å². The molecule has 1 aliphatic carbocycles. The van der Waals surface area contributed by atoms with Gasteiger partial charge in [0.25, 0.3) is 5.91 Å². The summed E-state index contributed by atoms with van der Waals surface area (Å²) in [7, 11) is 0. The number of carbonyl (C=O) groups excluding carboxylic acids is 1. The molecule has 19 heavy (non-hydrogen) atoms. The van der Waals surface area contributed by atoms with Gasteiger partial charge in [-0.25, -0.2) is 0 Å². The summed E-state index contributed by atoms with van der Waals surface area (Å²) in [6.07, 6.45) is 2.26. The quantitative estimate of drug-likeness (QED) is 0.687. The highest BCUT2D eigenvalue weighted by Crippen LogP contribution is 2.33. The molecule has 2 nitrogen and oxygen atoms in total. The van der Waals surface area contributed by atoms with E-state index in [2.05, 4.69) is 48.3 Å². The molecule has 2 rings (SSSR count). The number of hydrogen-bond donors (Lipinski definition) is 0. The highest BCUT2D eigenvalue weighted by atomic mass is 127. The van der Waals surface area contributed by atoms with E-state index in [0.29, 0.717) is 17.0 Å². The van der Waals surface area contributed by atoms with Gasteiger partial charge in [-0.2, -0.15) is 0 Å². The van der Waals surface area contributed by atoms with E-state index in [4.69, 9.17) is 11.6 Å². The first-order valence-electron chi connectivity index (χ1n) is 6.69. The molecule has 0 spiro atoms. The molecule has 0 saturated heterocycles. The molecule has 0 heterocycles. The summed E-state index contributed by atoms with van der Waals surface area (Å²) in [6.45, 7) is 6.48. The van der Waals surface area contributed by atoms with Crippen LogP contribution in [0.4, 0.5) is 0 Å². The molecule has 0 radical (unpaired) electrons. The smallest absolute Gasteiger partial charge is 0.255 e. The molecule has 0 aliphatic heterocycles. The molecule has 1 atom stereocenters. The Morgan fingerprint density at radius 3 is 2.47 bits per heavy atom. The Bertz CT molecular complexity index is 485. The Labute approximate surface area is 133 Å². The van der Waals surface area contributed by atoms with Crippen LogP contribution >= 0.6 is 34.2 Å². The molecule has 1 aromatic carbocycles. The third kappa shape index (κ3) is 3.43. The van der Waals surface area contributed by atoms with Gasteiger partial charge in [0.15, 0.2) is 0 Å². The number of halogens is 2. The number of rotatable bonds is 4. The fourth-order valence-electron chi connectivity index (χ4n) is 2.16. The molecule has 0 aromatic heterocycles. The minimum absolute atomic E-state index is 0.143. The molecular formula is C15H19ClINO. The molecule has 1 aliphatic rings. The lowest BCUT2D eigenvalue weighted by atomic mass is 10.0. The zero-order valence-corrected chi connectivity index (χ0v) is 14.4. The first-order chi connectivity index (χ1) is 8.91. The Kier molecular flexibility index (Phi) is 4.77. The highest BCUT2D eigenvalue weighted by Gasteiger charge is 2.37. The average molecular weight is 392 g/mol. The molecule has 1 fully saturated rings. The van der Waals surface area contributed by atoms with E-state index in [-0.39, 0.29) is 11.9 Å².